The molecule has 0 unspecified atom stereocenters. The standard InChI is InChI=1S/C15H19ClN2S/c1-9-6-5-7-11(16)10(9)8-12-13(15(2,3)4)18-14(17)19-12/h5-7H,8H2,1-4H3,(H2,17,18). The lowest BCUT2D eigenvalue weighted by Crippen LogP contribution is -2.14. The fourth-order valence-electron chi connectivity index (χ4n) is 2.13. The summed E-state index contributed by atoms with van der Waals surface area (Å²) < 4.78 is 0. The van der Waals surface area contributed by atoms with Gasteiger partial charge in [0.1, 0.15) is 0 Å². The Labute approximate surface area is 123 Å². The van der Waals surface area contributed by atoms with Crippen molar-refractivity contribution in [1.82, 2.24) is 4.98 Å². The summed E-state index contributed by atoms with van der Waals surface area (Å²) in [7, 11) is 0. The predicted molar refractivity (Wildman–Crippen MR) is 84.2 cm³/mol. The molecule has 19 heavy (non-hydrogen) atoms. The van der Waals surface area contributed by atoms with Gasteiger partial charge in [0.2, 0.25) is 0 Å². The van der Waals surface area contributed by atoms with Crippen LogP contribution in [0.1, 0.15) is 42.5 Å². The Balaban J connectivity index is 2.45. The molecule has 0 aliphatic rings. The number of halogens is 1. The molecule has 0 aliphatic heterocycles. The monoisotopic (exact) mass is 294 g/mol. The average molecular weight is 295 g/mol. The first kappa shape index (κ1) is 14.4. The van der Waals surface area contributed by atoms with Gasteiger partial charge in [-0.05, 0) is 24.1 Å². The fraction of sp³-hybridized carbons (Fsp3) is 0.400. The van der Waals surface area contributed by atoms with E-state index in [0.717, 1.165) is 17.1 Å². The van der Waals surface area contributed by atoms with Crippen molar-refractivity contribution in [3.63, 3.8) is 0 Å². The van der Waals surface area contributed by atoms with Crippen molar-refractivity contribution in [1.29, 1.82) is 0 Å². The van der Waals surface area contributed by atoms with Crippen LogP contribution in [-0.2, 0) is 11.8 Å². The number of aryl methyl sites for hydroxylation is 1. The molecule has 2 N–H and O–H groups in total. The molecule has 1 aromatic heterocycles. The maximum atomic E-state index is 6.31. The Bertz CT molecular complexity index is 576. The highest BCUT2D eigenvalue weighted by molar-refractivity contribution is 7.15. The van der Waals surface area contributed by atoms with Gasteiger partial charge in [0, 0.05) is 21.7 Å². The molecule has 2 nitrogen and oxygen atoms in total. The summed E-state index contributed by atoms with van der Waals surface area (Å²) in [5, 5.41) is 1.44. The smallest absolute Gasteiger partial charge is 0.180 e. The summed E-state index contributed by atoms with van der Waals surface area (Å²) >= 11 is 7.87. The lowest BCUT2D eigenvalue weighted by molar-refractivity contribution is 0.568. The van der Waals surface area contributed by atoms with Crippen molar-refractivity contribution >= 4 is 28.1 Å². The molecule has 0 radical (unpaired) electrons. The van der Waals surface area contributed by atoms with Gasteiger partial charge < -0.3 is 5.73 Å². The normalized spacial score (nSPS) is 11.8. The van der Waals surface area contributed by atoms with Crippen LogP contribution in [0.5, 0.6) is 0 Å². The zero-order valence-corrected chi connectivity index (χ0v) is 13.3. The molecule has 0 saturated heterocycles. The summed E-state index contributed by atoms with van der Waals surface area (Å²) in [6, 6.07) is 6.00. The number of rotatable bonds is 2. The fourth-order valence-corrected chi connectivity index (χ4v) is 3.47. The molecule has 0 amide bonds. The van der Waals surface area contributed by atoms with E-state index in [-0.39, 0.29) is 5.41 Å². The van der Waals surface area contributed by atoms with E-state index in [1.807, 2.05) is 12.1 Å². The van der Waals surface area contributed by atoms with Gasteiger partial charge in [0.05, 0.1) is 5.69 Å². The van der Waals surface area contributed by atoms with E-state index < -0.39 is 0 Å². The van der Waals surface area contributed by atoms with Crippen LogP contribution in [0.25, 0.3) is 0 Å². The number of thiazole rings is 1. The van der Waals surface area contributed by atoms with Crippen LogP contribution < -0.4 is 5.73 Å². The van der Waals surface area contributed by atoms with Crippen molar-refractivity contribution in [3.8, 4) is 0 Å². The molecular formula is C15H19ClN2S. The van der Waals surface area contributed by atoms with Gasteiger partial charge in [-0.15, -0.1) is 11.3 Å². The van der Waals surface area contributed by atoms with Crippen molar-refractivity contribution < 1.29 is 0 Å². The molecule has 0 atom stereocenters. The van der Waals surface area contributed by atoms with E-state index in [1.54, 1.807) is 11.3 Å². The number of hydrogen-bond donors (Lipinski definition) is 1. The quantitative estimate of drug-likeness (QED) is 0.881. The number of hydrogen-bond acceptors (Lipinski definition) is 3. The lowest BCUT2D eigenvalue weighted by Gasteiger charge is -2.18. The van der Waals surface area contributed by atoms with E-state index in [2.05, 4.69) is 38.7 Å². The summed E-state index contributed by atoms with van der Waals surface area (Å²) in [6.45, 7) is 8.56. The van der Waals surface area contributed by atoms with Crippen molar-refractivity contribution in [2.45, 2.75) is 39.5 Å². The molecule has 4 heteroatoms. The molecule has 2 rings (SSSR count). The molecule has 0 bridgehead atoms. The Morgan fingerprint density at radius 1 is 1.32 bits per heavy atom. The highest BCUT2D eigenvalue weighted by Crippen LogP contribution is 2.34. The highest BCUT2D eigenvalue weighted by atomic mass is 35.5. The summed E-state index contributed by atoms with van der Waals surface area (Å²) in [5.41, 5.74) is 9.33. The third-order valence-electron chi connectivity index (χ3n) is 3.11. The van der Waals surface area contributed by atoms with Gasteiger partial charge in [-0.3, -0.25) is 0 Å². The molecule has 0 fully saturated rings. The van der Waals surface area contributed by atoms with E-state index in [0.29, 0.717) is 5.13 Å². The maximum absolute atomic E-state index is 6.31. The van der Waals surface area contributed by atoms with Gasteiger partial charge in [-0.1, -0.05) is 44.5 Å². The van der Waals surface area contributed by atoms with Gasteiger partial charge >= 0.3 is 0 Å². The predicted octanol–water partition coefficient (Wildman–Crippen LogP) is 4.58. The molecule has 2 aromatic rings. The minimum absolute atomic E-state index is 0.00137. The molecule has 0 spiro atoms. The van der Waals surface area contributed by atoms with Gasteiger partial charge in [0.15, 0.2) is 5.13 Å². The molecule has 0 aliphatic carbocycles. The number of nitrogen functional groups attached to an aromatic ring is 1. The highest BCUT2D eigenvalue weighted by Gasteiger charge is 2.23. The van der Waals surface area contributed by atoms with Crippen molar-refractivity contribution in [2.75, 3.05) is 5.73 Å². The Morgan fingerprint density at radius 2 is 2.00 bits per heavy atom. The van der Waals surface area contributed by atoms with Gasteiger partial charge in [-0.25, -0.2) is 4.98 Å². The molecule has 1 heterocycles. The number of anilines is 1. The lowest BCUT2D eigenvalue weighted by atomic mass is 9.89. The number of benzene rings is 1. The largest absolute Gasteiger partial charge is 0.375 e. The average Bonchev–Trinajstić information content (AvgIpc) is 2.65. The van der Waals surface area contributed by atoms with Crippen LogP contribution in [0.3, 0.4) is 0 Å². The first-order valence-electron chi connectivity index (χ1n) is 6.28. The van der Waals surface area contributed by atoms with Gasteiger partial charge in [-0.2, -0.15) is 0 Å². The molecule has 1 aromatic carbocycles. The van der Waals surface area contributed by atoms with Crippen LogP contribution in [0.15, 0.2) is 18.2 Å². The van der Waals surface area contributed by atoms with E-state index >= 15 is 0 Å². The van der Waals surface area contributed by atoms with Crippen LogP contribution in [-0.4, -0.2) is 4.98 Å². The number of aromatic nitrogens is 1. The Hall–Kier alpha value is -1.06. The van der Waals surface area contributed by atoms with Gasteiger partial charge in [0.25, 0.3) is 0 Å². The van der Waals surface area contributed by atoms with Crippen LogP contribution in [0, 0.1) is 6.92 Å². The number of nitrogens with two attached hydrogens (primary N) is 1. The zero-order chi connectivity index (χ0) is 14.2. The summed E-state index contributed by atoms with van der Waals surface area (Å²) in [6.07, 6.45) is 0.799. The second kappa shape index (κ2) is 5.14. The van der Waals surface area contributed by atoms with Crippen LogP contribution in [0.2, 0.25) is 5.02 Å². The topological polar surface area (TPSA) is 38.9 Å². The van der Waals surface area contributed by atoms with Crippen molar-refractivity contribution in [2.24, 2.45) is 0 Å². The molecule has 102 valence electrons. The third-order valence-corrected chi connectivity index (χ3v) is 4.35. The van der Waals surface area contributed by atoms with Crippen LogP contribution >= 0.6 is 22.9 Å². The first-order valence-corrected chi connectivity index (χ1v) is 7.48. The zero-order valence-electron chi connectivity index (χ0n) is 11.7. The summed E-state index contributed by atoms with van der Waals surface area (Å²) in [5.74, 6) is 0. The first-order chi connectivity index (χ1) is 8.79. The van der Waals surface area contributed by atoms with Crippen molar-refractivity contribution in [3.05, 3.63) is 44.9 Å². The van der Waals surface area contributed by atoms with E-state index in [9.17, 15) is 0 Å². The second-order valence-electron chi connectivity index (χ2n) is 5.79. The summed E-state index contributed by atoms with van der Waals surface area (Å²) in [4.78, 5) is 5.70. The third kappa shape index (κ3) is 3.10. The van der Waals surface area contributed by atoms with E-state index in [4.69, 9.17) is 17.3 Å². The minimum atomic E-state index is -0.00137. The van der Waals surface area contributed by atoms with Crippen LogP contribution in [0.4, 0.5) is 5.13 Å². The maximum Gasteiger partial charge on any atom is 0.180 e. The Kier molecular flexibility index (Phi) is 3.88. The number of nitrogens with zero attached hydrogens (tertiary/aromatic N) is 1. The molecular weight excluding hydrogens is 276 g/mol. The minimum Gasteiger partial charge on any atom is -0.375 e. The second-order valence-corrected chi connectivity index (χ2v) is 7.31. The SMILES string of the molecule is Cc1cccc(Cl)c1Cc1sc(N)nc1C(C)(C)C. The van der Waals surface area contributed by atoms with E-state index in [1.165, 1.54) is 16.0 Å². The molecule has 0 saturated carbocycles. The Morgan fingerprint density at radius 3 is 2.58 bits per heavy atom.